The predicted molar refractivity (Wildman–Crippen MR) is 94.8 cm³/mol. The molecule has 0 radical (unpaired) electrons. The molecule has 128 valence electrons. The summed E-state index contributed by atoms with van der Waals surface area (Å²) in [5, 5.41) is 2.92. The average molecular weight is 343 g/mol. The average Bonchev–Trinajstić information content (AvgIpc) is 2.63. The highest BCUT2D eigenvalue weighted by molar-refractivity contribution is 5.64. The standard InChI is InChI=1S/C19H18F2N4/c1-11-3-4-16(15(20)7-11)25-17-10-23-9-14(12(17)2)8-13-5-6-24-19(22)18(13)21/h3-7,9-10,25H,8H2,1-2H3,(H2,22,24)/i1D3. The number of anilines is 3. The molecular weight excluding hydrogens is 322 g/mol. The van der Waals surface area contributed by atoms with Crippen molar-refractivity contribution in [2.24, 2.45) is 0 Å². The number of nitrogens with zero attached hydrogens (tertiary/aromatic N) is 2. The highest BCUT2D eigenvalue weighted by atomic mass is 19.1. The van der Waals surface area contributed by atoms with Crippen molar-refractivity contribution in [1.29, 1.82) is 0 Å². The summed E-state index contributed by atoms with van der Waals surface area (Å²) >= 11 is 0. The van der Waals surface area contributed by atoms with Crippen LogP contribution in [0.1, 0.15) is 26.4 Å². The number of benzene rings is 1. The first-order chi connectivity index (χ1) is 13.2. The van der Waals surface area contributed by atoms with E-state index in [-0.39, 0.29) is 23.5 Å². The van der Waals surface area contributed by atoms with Crippen LogP contribution in [0.3, 0.4) is 0 Å². The van der Waals surface area contributed by atoms with Gasteiger partial charge in [-0.05, 0) is 54.2 Å². The molecule has 3 rings (SSSR count). The minimum absolute atomic E-state index is 0.0788. The Balaban J connectivity index is 1.89. The van der Waals surface area contributed by atoms with Crippen LogP contribution in [-0.4, -0.2) is 9.97 Å². The molecule has 0 aliphatic carbocycles. The topological polar surface area (TPSA) is 63.8 Å². The van der Waals surface area contributed by atoms with E-state index < -0.39 is 18.5 Å². The molecule has 0 unspecified atom stereocenters. The molecule has 0 spiro atoms. The van der Waals surface area contributed by atoms with Crippen LogP contribution in [0.25, 0.3) is 0 Å². The molecule has 0 bridgehead atoms. The Bertz CT molecular complexity index is 1020. The first-order valence-corrected chi connectivity index (χ1v) is 7.56. The van der Waals surface area contributed by atoms with Crippen LogP contribution in [0.5, 0.6) is 0 Å². The molecule has 3 N–H and O–H groups in total. The molecule has 0 fully saturated rings. The molecule has 2 aromatic heterocycles. The molecule has 25 heavy (non-hydrogen) atoms. The van der Waals surface area contributed by atoms with Crippen LogP contribution < -0.4 is 11.1 Å². The lowest BCUT2D eigenvalue weighted by atomic mass is 10.0. The van der Waals surface area contributed by atoms with Gasteiger partial charge in [-0.15, -0.1) is 0 Å². The van der Waals surface area contributed by atoms with E-state index >= 15 is 0 Å². The lowest BCUT2D eigenvalue weighted by molar-refractivity contribution is 0.613. The SMILES string of the molecule is [2H]C([2H])([2H])c1ccc(Nc2cncc(Cc3ccnc(N)c3F)c2C)c(F)c1. The summed E-state index contributed by atoms with van der Waals surface area (Å²) in [6.07, 6.45) is 4.80. The van der Waals surface area contributed by atoms with E-state index in [0.29, 0.717) is 11.3 Å². The van der Waals surface area contributed by atoms with Gasteiger partial charge in [0, 0.05) is 22.9 Å². The molecule has 3 aromatic rings. The highest BCUT2D eigenvalue weighted by Gasteiger charge is 2.12. The van der Waals surface area contributed by atoms with Gasteiger partial charge in [-0.1, -0.05) is 6.07 Å². The third-order valence-corrected chi connectivity index (χ3v) is 3.94. The van der Waals surface area contributed by atoms with Gasteiger partial charge in [0.15, 0.2) is 11.6 Å². The smallest absolute Gasteiger partial charge is 0.168 e. The van der Waals surface area contributed by atoms with Crippen molar-refractivity contribution in [3.05, 3.63) is 76.7 Å². The number of hydrogen-bond acceptors (Lipinski definition) is 4. The number of pyridine rings is 2. The minimum atomic E-state index is -2.38. The quantitative estimate of drug-likeness (QED) is 0.742. The van der Waals surface area contributed by atoms with Crippen molar-refractivity contribution >= 4 is 17.2 Å². The van der Waals surface area contributed by atoms with Gasteiger partial charge in [-0.25, -0.2) is 13.8 Å². The number of rotatable bonds is 4. The van der Waals surface area contributed by atoms with Crippen molar-refractivity contribution in [3.63, 3.8) is 0 Å². The Morgan fingerprint density at radius 1 is 1.16 bits per heavy atom. The fourth-order valence-electron chi connectivity index (χ4n) is 2.48. The zero-order valence-electron chi connectivity index (χ0n) is 16.5. The fourth-order valence-corrected chi connectivity index (χ4v) is 2.48. The van der Waals surface area contributed by atoms with Crippen molar-refractivity contribution in [1.82, 2.24) is 9.97 Å². The minimum Gasteiger partial charge on any atom is -0.381 e. The van der Waals surface area contributed by atoms with E-state index in [1.54, 1.807) is 19.2 Å². The van der Waals surface area contributed by atoms with Gasteiger partial charge in [-0.2, -0.15) is 0 Å². The van der Waals surface area contributed by atoms with E-state index in [0.717, 1.165) is 17.2 Å². The van der Waals surface area contributed by atoms with Crippen LogP contribution in [0.4, 0.5) is 26.0 Å². The second-order valence-corrected chi connectivity index (χ2v) is 5.64. The maximum absolute atomic E-state index is 14.3. The van der Waals surface area contributed by atoms with Crippen LogP contribution in [0.15, 0.2) is 42.9 Å². The number of hydrogen-bond donors (Lipinski definition) is 2. The van der Waals surface area contributed by atoms with Crippen LogP contribution in [0.2, 0.25) is 0 Å². The highest BCUT2D eigenvalue weighted by Crippen LogP contribution is 2.26. The van der Waals surface area contributed by atoms with Gasteiger partial charge < -0.3 is 11.1 Å². The predicted octanol–water partition coefficient (Wildman–Crippen LogP) is 4.29. The van der Waals surface area contributed by atoms with E-state index in [4.69, 9.17) is 9.85 Å². The van der Waals surface area contributed by atoms with Crippen molar-refractivity contribution < 1.29 is 12.9 Å². The van der Waals surface area contributed by atoms with Gasteiger partial charge >= 0.3 is 0 Å². The van der Waals surface area contributed by atoms with E-state index in [1.165, 1.54) is 24.5 Å². The number of aromatic nitrogens is 2. The van der Waals surface area contributed by atoms with Gasteiger partial charge in [0.2, 0.25) is 0 Å². The molecular formula is C19H18F2N4. The molecule has 0 saturated heterocycles. The number of nitrogen functional groups attached to an aromatic ring is 1. The first-order valence-electron chi connectivity index (χ1n) is 9.06. The monoisotopic (exact) mass is 343 g/mol. The summed E-state index contributed by atoms with van der Waals surface area (Å²) in [6, 6.07) is 5.24. The summed E-state index contributed by atoms with van der Waals surface area (Å²) in [6.45, 7) is -0.580. The van der Waals surface area contributed by atoms with E-state index in [2.05, 4.69) is 15.3 Å². The fraction of sp³-hybridized carbons (Fsp3) is 0.158. The molecule has 0 aliphatic heterocycles. The van der Waals surface area contributed by atoms with Gasteiger partial charge in [0.05, 0.1) is 17.6 Å². The van der Waals surface area contributed by atoms with E-state index in [1.807, 2.05) is 0 Å². The van der Waals surface area contributed by atoms with E-state index in [9.17, 15) is 8.78 Å². The molecule has 6 heteroatoms. The molecule has 1 aromatic carbocycles. The number of aryl methyl sites for hydroxylation is 1. The van der Waals surface area contributed by atoms with Crippen LogP contribution in [-0.2, 0) is 6.42 Å². The Morgan fingerprint density at radius 3 is 2.76 bits per heavy atom. The lowest BCUT2D eigenvalue weighted by Gasteiger charge is -2.14. The zero-order valence-corrected chi connectivity index (χ0v) is 13.5. The Morgan fingerprint density at radius 2 is 2.00 bits per heavy atom. The summed E-state index contributed by atoms with van der Waals surface area (Å²) < 4.78 is 50.5. The normalized spacial score (nSPS) is 13.0. The Hall–Kier alpha value is -3.02. The van der Waals surface area contributed by atoms with Gasteiger partial charge in [0.1, 0.15) is 5.82 Å². The first kappa shape index (κ1) is 13.3. The van der Waals surface area contributed by atoms with Gasteiger partial charge in [-0.3, -0.25) is 4.98 Å². The second kappa shape index (κ2) is 6.84. The molecule has 0 saturated carbocycles. The Labute approximate surface area is 149 Å². The Kier molecular flexibility index (Phi) is 3.64. The van der Waals surface area contributed by atoms with Gasteiger partial charge in [0.25, 0.3) is 0 Å². The third-order valence-electron chi connectivity index (χ3n) is 3.94. The maximum atomic E-state index is 14.3. The number of halogens is 2. The number of nitrogens with two attached hydrogens (primary N) is 1. The molecule has 4 nitrogen and oxygen atoms in total. The van der Waals surface area contributed by atoms with Crippen molar-refractivity contribution in [2.75, 3.05) is 11.1 Å². The summed E-state index contributed by atoms with van der Waals surface area (Å²) in [4.78, 5) is 7.84. The zero-order chi connectivity index (χ0) is 20.5. The number of nitrogens with one attached hydrogen (secondary N) is 1. The third kappa shape index (κ3) is 3.57. The molecule has 0 aliphatic rings. The summed E-state index contributed by atoms with van der Waals surface area (Å²) in [5.74, 6) is -1.44. The lowest BCUT2D eigenvalue weighted by Crippen LogP contribution is -2.04. The molecule has 2 heterocycles. The van der Waals surface area contributed by atoms with Crippen molar-refractivity contribution in [2.45, 2.75) is 20.2 Å². The van der Waals surface area contributed by atoms with Crippen molar-refractivity contribution in [3.8, 4) is 0 Å². The maximum Gasteiger partial charge on any atom is 0.168 e. The van der Waals surface area contributed by atoms with Crippen LogP contribution in [0, 0.1) is 25.4 Å². The van der Waals surface area contributed by atoms with Crippen LogP contribution >= 0.6 is 0 Å². The molecule has 0 amide bonds. The summed E-state index contributed by atoms with van der Waals surface area (Å²) in [7, 11) is 0. The second-order valence-electron chi connectivity index (χ2n) is 5.64. The largest absolute Gasteiger partial charge is 0.381 e. The molecule has 0 atom stereocenters. The summed E-state index contributed by atoms with van der Waals surface area (Å²) in [5.41, 5.74) is 7.94.